The Hall–Kier alpha value is -6.64. The highest BCUT2D eigenvalue weighted by molar-refractivity contribution is 5.90. The van der Waals surface area contributed by atoms with Gasteiger partial charge in [0, 0.05) is 33.8 Å². The molecular formula is C55H52N2. The molecule has 0 amide bonds. The van der Waals surface area contributed by atoms with Crippen LogP contribution in [0.2, 0.25) is 0 Å². The van der Waals surface area contributed by atoms with Crippen LogP contribution in [-0.2, 0) is 12.8 Å². The van der Waals surface area contributed by atoms with Crippen LogP contribution in [0.15, 0.2) is 178 Å². The fourth-order valence-corrected chi connectivity index (χ4v) is 7.93. The van der Waals surface area contributed by atoms with E-state index < -0.39 is 0 Å². The molecule has 0 saturated heterocycles. The number of nitrogens with zero attached hydrogens (tertiary/aromatic N) is 2. The molecule has 0 atom stereocenters. The number of aromatic nitrogens is 2. The molecule has 8 rings (SSSR count). The van der Waals surface area contributed by atoms with Gasteiger partial charge in [0.25, 0.3) is 0 Å². The first-order valence-corrected chi connectivity index (χ1v) is 20.0. The molecule has 2 heteroatoms. The summed E-state index contributed by atoms with van der Waals surface area (Å²) in [7, 11) is 0. The fraction of sp³-hybridized carbons (Fsp3) is 0.127. The van der Waals surface area contributed by atoms with E-state index in [0.717, 1.165) is 31.4 Å². The summed E-state index contributed by atoms with van der Waals surface area (Å²) in [4.78, 5) is 0. The smallest absolute Gasteiger partial charge is 0.0537 e. The van der Waals surface area contributed by atoms with Crippen molar-refractivity contribution in [2.45, 2.75) is 46.5 Å². The number of rotatable bonds is 11. The lowest BCUT2D eigenvalue weighted by molar-refractivity contribution is 0.953. The van der Waals surface area contributed by atoms with E-state index in [1.807, 2.05) is 12.2 Å². The molecule has 282 valence electrons. The molecule has 1 aliphatic rings. The van der Waals surface area contributed by atoms with E-state index in [9.17, 15) is 0 Å². The van der Waals surface area contributed by atoms with E-state index >= 15 is 0 Å². The number of fused-ring (bicyclic) bond motifs is 2. The summed E-state index contributed by atoms with van der Waals surface area (Å²) in [5, 5.41) is 1.27. The fourth-order valence-electron chi connectivity index (χ4n) is 7.93. The Balaban J connectivity index is 0.00000119. The minimum atomic E-state index is 0.902. The van der Waals surface area contributed by atoms with Gasteiger partial charge in [-0.1, -0.05) is 154 Å². The van der Waals surface area contributed by atoms with E-state index in [-0.39, 0.29) is 0 Å². The lowest BCUT2D eigenvalue weighted by Gasteiger charge is -2.14. The maximum atomic E-state index is 3.88. The van der Waals surface area contributed by atoms with Gasteiger partial charge in [0.15, 0.2) is 0 Å². The summed E-state index contributed by atoms with van der Waals surface area (Å²) in [6.07, 6.45) is 22.6. The predicted octanol–water partition coefficient (Wildman–Crippen LogP) is 14.9. The highest BCUT2D eigenvalue weighted by atomic mass is 15.0. The molecule has 2 nitrogen and oxygen atoms in total. The average Bonchev–Trinajstić information content (AvgIpc) is 3.71. The summed E-state index contributed by atoms with van der Waals surface area (Å²) >= 11 is 0. The van der Waals surface area contributed by atoms with Gasteiger partial charge in [0.2, 0.25) is 0 Å². The van der Waals surface area contributed by atoms with Crippen molar-refractivity contribution in [3.05, 3.63) is 222 Å². The van der Waals surface area contributed by atoms with Gasteiger partial charge in [0.05, 0.1) is 5.52 Å². The molecule has 2 heterocycles. The van der Waals surface area contributed by atoms with Crippen LogP contribution < -0.4 is 0 Å². The summed E-state index contributed by atoms with van der Waals surface area (Å²) in [5.74, 6) is 0. The Morgan fingerprint density at radius 1 is 0.579 bits per heavy atom. The van der Waals surface area contributed by atoms with Crippen molar-refractivity contribution >= 4 is 29.1 Å². The second kappa shape index (κ2) is 17.9. The van der Waals surface area contributed by atoms with E-state index in [0.29, 0.717) is 0 Å². The Bertz CT molecular complexity index is 2590. The van der Waals surface area contributed by atoms with Crippen molar-refractivity contribution in [1.29, 1.82) is 0 Å². The largest absolute Gasteiger partial charge is 0.310 e. The molecular weight excluding hydrogens is 689 g/mol. The monoisotopic (exact) mass is 740 g/mol. The molecule has 0 radical (unpaired) electrons. The summed E-state index contributed by atoms with van der Waals surface area (Å²) in [6, 6.07) is 44.7. The first kappa shape index (κ1) is 38.6. The van der Waals surface area contributed by atoms with Crippen molar-refractivity contribution in [3.63, 3.8) is 0 Å². The van der Waals surface area contributed by atoms with Gasteiger partial charge in [-0.2, -0.15) is 0 Å². The third-order valence-corrected chi connectivity index (χ3v) is 10.9. The average molecular weight is 741 g/mol. The van der Waals surface area contributed by atoms with Crippen molar-refractivity contribution in [2.24, 2.45) is 0 Å². The van der Waals surface area contributed by atoms with Gasteiger partial charge in [-0.05, 0) is 138 Å². The lowest BCUT2D eigenvalue weighted by Crippen LogP contribution is -2.01. The molecule has 0 N–H and O–H groups in total. The van der Waals surface area contributed by atoms with E-state index in [2.05, 4.69) is 201 Å². The van der Waals surface area contributed by atoms with E-state index in [1.165, 1.54) is 83.7 Å². The molecule has 2 aromatic heterocycles. The first-order valence-electron chi connectivity index (χ1n) is 20.0. The van der Waals surface area contributed by atoms with Gasteiger partial charge < -0.3 is 9.13 Å². The van der Waals surface area contributed by atoms with Crippen molar-refractivity contribution < 1.29 is 0 Å². The van der Waals surface area contributed by atoms with Gasteiger partial charge in [-0.25, -0.2) is 0 Å². The molecule has 1 aliphatic carbocycles. The molecule has 0 fully saturated rings. The molecule has 57 heavy (non-hydrogen) atoms. The second-order valence-electron chi connectivity index (χ2n) is 14.6. The number of allylic oxidation sites excluding steroid dienone is 6. The molecule has 5 aromatic carbocycles. The third kappa shape index (κ3) is 8.18. The lowest BCUT2D eigenvalue weighted by atomic mass is 9.98. The minimum absolute atomic E-state index is 0.902. The van der Waals surface area contributed by atoms with Crippen LogP contribution >= 0.6 is 0 Å². The first-order chi connectivity index (χ1) is 27.9. The summed E-state index contributed by atoms with van der Waals surface area (Å²) in [5.41, 5.74) is 19.1. The van der Waals surface area contributed by atoms with Crippen LogP contribution in [0.5, 0.6) is 0 Å². The predicted molar refractivity (Wildman–Crippen MR) is 249 cm³/mol. The molecule has 0 bridgehead atoms. The number of aryl methyl sites for hydroxylation is 1. The number of benzene rings is 5. The SMILES string of the molecule is C=C/C=C\c1c(C)c2ccccc2n1-c1ccc(-c2ccc(Cc3ccc(-c4ccc(-n5c6c(c(C)c5/C=C\CC)CCC=C6)cc4)cc3)cc2)cc1.C=CC=C. The van der Waals surface area contributed by atoms with Gasteiger partial charge in [-0.15, -0.1) is 0 Å². The maximum Gasteiger partial charge on any atom is 0.0537 e. The van der Waals surface area contributed by atoms with Crippen LogP contribution in [0, 0.1) is 13.8 Å². The Morgan fingerprint density at radius 3 is 1.65 bits per heavy atom. The zero-order chi connectivity index (χ0) is 39.7. The van der Waals surface area contributed by atoms with Crippen LogP contribution in [0.25, 0.3) is 62.8 Å². The standard InChI is InChI=1S/C51H46N2.C4H6/c1-5-7-15-48-36(3)46-13-9-11-17-50(46)52(48)44-31-27-42(28-32-44)40-23-19-38(20-24-40)35-39-21-25-41(26-22-39)43-29-33-45(34-30-43)53-49(16-8-6-2)37(4)47-14-10-12-18-51(47)53;1-3-4-2/h5,7-9,11-13,15-34H,1,6,10,14,35H2,2-4H3;3-4H,1-2H2/b15-7-,16-8-;. The van der Waals surface area contributed by atoms with E-state index in [1.54, 1.807) is 12.2 Å². The highest BCUT2D eigenvalue weighted by Crippen LogP contribution is 2.34. The van der Waals surface area contributed by atoms with Gasteiger partial charge in [-0.3, -0.25) is 0 Å². The van der Waals surface area contributed by atoms with Gasteiger partial charge >= 0.3 is 0 Å². The zero-order valence-electron chi connectivity index (χ0n) is 33.6. The van der Waals surface area contributed by atoms with Crippen molar-refractivity contribution in [1.82, 2.24) is 9.13 Å². The quantitative estimate of drug-likeness (QED) is 0.117. The number of hydrogen-bond donors (Lipinski definition) is 0. The number of para-hydroxylation sites is 1. The van der Waals surface area contributed by atoms with Crippen LogP contribution in [0.3, 0.4) is 0 Å². The molecule has 0 saturated carbocycles. The second-order valence-corrected chi connectivity index (χ2v) is 14.6. The van der Waals surface area contributed by atoms with Crippen molar-refractivity contribution in [2.75, 3.05) is 0 Å². The Kier molecular flexibility index (Phi) is 12.1. The summed E-state index contributed by atoms with van der Waals surface area (Å²) < 4.78 is 4.78. The normalized spacial score (nSPS) is 12.1. The maximum absolute atomic E-state index is 3.88. The summed E-state index contributed by atoms with van der Waals surface area (Å²) in [6.45, 7) is 17.3. The molecule has 7 aromatic rings. The highest BCUT2D eigenvalue weighted by Gasteiger charge is 2.20. The topological polar surface area (TPSA) is 9.86 Å². The number of hydrogen-bond acceptors (Lipinski definition) is 0. The third-order valence-electron chi connectivity index (χ3n) is 10.9. The van der Waals surface area contributed by atoms with E-state index in [4.69, 9.17) is 0 Å². The Labute approximate surface area is 339 Å². The zero-order valence-corrected chi connectivity index (χ0v) is 33.6. The van der Waals surface area contributed by atoms with Crippen molar-refractivity contribution in [3.8, 4) is 33.6 Å². The Morgan fingerprint density at radius 2 is 1.11 bits per heavy atom. The van der Waals surface area contributed by atoms with Gasteiger partial charge in [0.1, 0.15) is 0 Å². The molecule has 0 unspecified atom stereocenters. The van der Waals surface area contributed by atoms with Crippen LogP contribution in [0.4, 0.5) is 0 Å². The van der Waals surface area contributed by atoms with Crippen LogP contribution in [-0.4, -0.2) is 9.13 Å². The molecule has 0 aliphatic heterocycles. The minimum Gasteiger partial charge on any atom is -0.310 e. The van der Waals surface area contributed by atoms with Crippen LogP contribution in [0.1, 0.15) is 64.7 Å². The molecule has 0 spiro atoms.